The number of ketones is 1. The molecule has 0 saturated carbocycles. The van der Waals surface area contributed by atoms with E-state index in [1.807, 2.05) is 20.8 Å². The minimum atomic E-state index is -0.269. The summed E-state index contributed by atoms with van der Waals surface area (Å²) in [5.74, 6) is -0.472. The van der Waals surface area contributed by atoms with Crippen molar-refractivity contribution >= 4 is 17.6 Å². The summed E-state index contributed by atoms with van der Waals surface area (Å²) >= 11 is 0. The predicted molar refractivity (Wildman–Crippen MR) is 92.8 cm³/mol. The molecule has 0 rings (SSSR count). The van der Waals surface area contributed by atoms with Crippen molar-refractivity contribution < 1.29 is 31.4 Å². The summed E-state index contributed by atoms with van der Waals surface area (Å²) in [5.41, 5.74) is 0. The molecule has 0 saturated heterocycles. The summed E-state index contributed by atoms with van der Waals surface area (Å²) in [6, 6.07) is 0. The van der Waals surface area contributed by atoms with Gasteiger partial charge in [-0.2, -0.15) is 0 Å². The molecule has 0 aliphatic carbocycles. The maximum absolute atomic E-state index is 11.5. The zero-order valence-electron chi connectivity index (χ0n) is 14.9. The van der Waals surface area contributed by atoms with Gasteiger partial charge in [0, 0.05) is 34.9 Å². The van der Waals surface area contributed by atoms with E-state index < -0.39 is 0 Å². The fraction of sp³-hybridized carbons (Fsp3) is 0.812. The van der Waals surface area contributed by atoms with Crippen LogP contribution >= 0.6 is 0 Å². The second-order valence-corrected chi connectivity index (χ2v) is 5.37. The highest BCUT2D eigenvalue weighted by molar-refractivity contribution is 5.81. The van der Waals surface area contributed by atoms with Gasteiger partial charge in [0.15, 0.2) is 5.78 Å². The SMILES string of the molecule is CCOCCOCC(=O)NCCC(=O)NCCOCC(=O)C(C)C.[HH].[HH]. The van der Waals surface area contributed by atoms with E-state index in [1.165, 1.54) is 0 Å². The predicted octanol–water partition coefficient (Wildman–Crippen LogP) is 0.396. The molecular formula is C16H34N2O6. The third-order valence-corrected chi connectivity index (χ3v) is 2.94. The Labute approximate surface area is 146 Å². The average Bonchev–Trinajstić information content (AvgIpc) is 2.54. The van der Waals surface area contributed by atoms with Crippen LogP contribution in [0, 0.1) is 5.92 Å². The van der Waals surface area contributed by atoms with E-state index in [9.17, 15) is 14.4 Å². The first-order chi connectivity index (χ1) is 11.5. The number of amides is 2. The Morgan fingerprint density at radius 2 is 1.50 bits per heavy atom. The van der Waals surface area contributed by atoms with Gasteiger partial charge in [-0.1, -0.05) is 13.8 Å². The maximum Gasteiger partial charge on any atom is 0.246 e. The van der Waals surface area contributed by atoms with Crippen LogP contribution in [0.1, 0.15) is 30.0 Å². The topological polar surface area (TPSA) is 103 Å². The standard InChI is InChI=1S/C16H30N2O6.2H2/c1-4-22-9-10-24-12-16(21)17-6-5-15(20)18-7-8-23-11-14(19)13(2)3;;/h13H,4-12H2,1-3H3,(H,17,21)(H,18,20);2*1H. The van der Waals surface area contributed by atoms with Crippen LogP contribution in [0.2, 0.25) is 0 Å². The van der Waals surface area contributed by atoms with Gasteiger partial charge in [0.1, 0.15) is 13.2 Å². The Morgan fingerprint density at radius 1 is 0.875 bits per heavy atom. The number of hydrogen-bond donors (Lipinski definition) is 2. The van der Waals surface area contributed by atoms with Crippen molar-refractivity contribution in [3.63, 3.8) is 0 Å². The van der Waals surface area contributed by atoms with Gasteiger partial charge in [-0.25, -0.2) is 0 Å². The van der Waals surface area contributed by atoms with Crippen molar-refractivity contribution in [3.8, 4) is 0 Å². The highest BCUT2D eigenvalue weighted by Gasteiger charge is 2.07. The van der Waals surface area contributed by atoms with Gasteiger partial charge >= 0.3 is 0 Å². The van der Waals surface area contributed by atoms with Crippen molar-refractivity contribution in [2.75, 3.05) is 52.7 Å². The van der Waals surface area contributed by atoms with Gasteiger partial charge in [0.05, 0.1) is 19.8 Å². The first-order valence-electron chi connectivity index (χ1n) is 8.26. The van der Waals surface area contributed by atoms with Crippen LogP contribution in [0.3, 0.4) is 0 Å². The van der Waals surface area contributed by atoms with Gasteiger partial charge in [-0.15, -0.1) is 0 Å². The highest BCUT2D eigenvalue weighted by atomic mass is 16.5. The number of carbonyl (C=O) groups is 3. The molecule has 0 aromatic heterocycles. The molecule has 0 atom stereocenters. The Bertz CT molecular complexity index is 384. The van der Waals surface area contributed by atoms with E-state index in [4.69, 9.17) is 14.2 Å². The first-order valence-corrected chi connectivity index (χ1v) is 8.26. The van der Waals surface area contributed by atoms with Gasteiger partial charge < -0.3 is 24.8 Å². The zero-order valence-corrected chi connectivity index (χ0v) is 14.9. The zero-order chi connectivity index (χ0) is 18.2. The molecule has 0 aliphatic rings. The molecule has 0 bridgehead atoms. The fourth-order valence-corrected chi connectivity index (χ4v) is 1.48. The molecule has 0 fully saturated rings. The van der Waals surface area contributed by atoms with Gasteiger partial charge in [-0.3, -0.25) is 14.4 Å². The molecule has 0 aromatic rings. The lowest BCUT2D eigenvalue weighted by Crippen LogP contribution is -2.34. The number of Topliss-reactive ketones (excluding diaryl/α,β-unsaturated/α-hetero) is 1. The second-order valence-electron chi connectivity index (χ2n) is 5.37. The van der Waals surface area contributed by atoms with Gasteiger partial charge in [0.25, 0.3) is 0 Å². The molecule has 0 unspecified atom stereocenters. The van der Waals surface area contributed by atoms with Crippen molar-refractivity contribution in [3.05, 3.63) is 0 Å². The Balaban J connectivity index is -0.00000264. The van der Waals surface area contributed by atoms with Crippen molar-refractivity contribution in [1.29, 1.82) is 0 Å². The third kappa shape index (κ3) is 14.1. The van der Waals surface area contributed by atoms with E-state index in [0.29, 0.717) is 26.4 Å². The molecule has 2 N–H and O–H groups in total. The van der Waals surface area contributed by atoms with Crippen LogP contribution in [-0.4, -0.2) is 70.3 Å². The Hall–Kier alpha value is -1.51. The fourth-order valence-electron chi connectivity index (χ4n) is 1.48. The molecule has 0 spiro atoms. The normalized spacial score (nSPS) is 10.7. The van der Waals surface area contributed by atoms with E-state index in [-0.39, 0.29) is 59.2 Å². The van der Waals surface area contributed by atoms with Crippen LogP contribution in [0.5, 0.6) is 0 Å². The van der Waals surface area contributed by atoms with E-state index >= 15 is 0 Å². The quantitative estimate of drug-likeness (QED) is 0.414. The lowest BCUT2D eigenvalue weighted by Gasteiger charge is -2.08. The van der Waals surface area contributed by atoms with Crippen molar-refractivity contribution in [2.45, 2.75) is 27.2 Å². The Kier molecular flexibility index (Phi) is 14.1. The lowest BCUT2D eigenvalue weighted by atomic mass is 10.1. The monoisotopic (exact) mass is 350 g/mol. The van der Waals surface area contributed by atoms with Gasteiger partial charge in [-0.05, 0) is 6.92 Å². The van der Waals surface area contributed by atoms with Crippen LogP contribution < -0.4 is 10.6 Å². The molecular weight excluding hydrogens is 316 g/mol. The minimum absolute atomic E-state index is 0. The van der Waals surface area contributed by atoms with Crippen LogP contribution in [0.25, 0.3) is 0 Å². The molecule has 0 heterocycles. The molecule has 2 amide bonds. The van der Waals surface area contributed by atoms with Crippen molar-refractivity contribution in [2.24, 2.45) is 5.92 Å². The molecule has 144 valence electrons. The number of rotatable bonds is 15. The van der Waals surface area contributed by atoms with E-state index in [2.05, 4.69) is 10.6 Å². The summed E-state index contributed by atoms with van der Waals surface area (Å²) in [4.78, 5) is 34.2. The molecule has 0 aliphatic heterocycles. The van der Waals surface area contributed by atoms with Crippen molar-refractivity contribution in [1.82, 2.24) is 10.6 Å². The third-order valence-electron chi connectivity index (χ3n) is 2.94. The van der Waals surface area contributed by atoms with Crippen LogP contribution in [-0.2, 0) is 28.6 Å². The number of nitrogens with one attached hydrogen (secondary N) is 2. The summed E-state index contributed by atoms with van der Waals surface area (Å²) in [6.45, 7) is 7.81. The molecule has 0 aromatic carbocycles. The smallest absolute Gasteiger partial charge is 0.246 e. The average molecular weight is 350 g/mol. The molecule has 24 heavy (non-hydrogen) atoms. The Morgan fingerprint density at radius 3 is 2.17 bits per heavy atom. The second kappa shape index (κ2) is 15.0. The molecule has 0 radical (unpaired) electrons. The largest absolute Gasteiger partial charge is 0.379 e. The number of hydrogen-bond acceptors (Lipinski definition) is 6. The summed E-state index contributed by atoms with van der Waals surface area (Å²) in [6.07, 6.45) is 0.176. The summed E-state index contributed by atoms with van der Waals surface area (Å²) in [7, 11) is 0. The number of ether oxygens (including phenoxy) is 3. The summed E-state index contributed by atoms with van der Waals surface area (Å²) < 4.78 is 15.3. The van der Waals surface area contributed by atoms with E-state index in [0.717, 1.165) is 0 Å². The summed E-state index contributed by atoms with van der Waals surface area (Å²) in [5, 5.41) is 5.24. The van der Waals surface area contributed by atoms with Gasteiger partial charge in [0.2, 0.25) is 11.8 Å². The highest BCUT2D eigenvalue weighted by Crippen LogP contribution is 1.93. The minimum Gasteiger partial charge on any atom is -0.379 e. The first kappa shape index (κ1) is 22.5. The lowest BCUT2D eigenvalue weighted by molar-refractivity contribution is -0.127. The van der Waals surface area contributed by atoms with Crippen LogP contribution in [0.15, 0.2) is 0 Å². The van der Waals surface area contributed by atoms with Crippen LogP contribution in [0.4, 0.5) is 0 Å². The van der Waals surface area contributed by atoms with E-state index in [1.54, 1.807) is 0 Å². The molecule has 8 nitrogen and oxygen atoms in total. The number of carbonyl (C=O) groups excluding carboxylic acids is 3. The molecule has 8 heteroatoms. The maximum atomic E-state index is 11.5.